The van der Waals surface area contributed by atoms with Crippen molar-refractivity contribution in [3.8, 4) is 11.5 Å². The lowest BCUT2D eigenvalue weighted by Crippen LogP contribution is -2.13. The Hall–Kier alpha value is -2.23. The SMILES string of the molecule is CC(C)Oc1cc(OCc2ccc(P(=O)(O)O)cc2)cc(C(=O)Nc2ncc(Br)s2)c1. The quantitative estimate of drug-likeness (QED) is 0.374. The summed E-state index contributed by atoms with van der Waals surface area (Å²) in [6, 6.07) is 10.8. The minimum absolute atomic E-state index is 0.0589. The monoisotopic (exact) mass is 526 g/mol. The molecule has 1 aromatic heterocycles. The van der Waals surface area contributed by atoms with E-state index in [4.69, 9.17) is 9.47 Å². The third-order valence-electron chi connectivity index (χ3n) is 3.89. The Bertz CT molecular complexity index is 1110. The number of benzene rings is 2. The fourth-order valence-corrected chi connectivity index (χ4v) is 4.20. The first kappa shape index (κ1) is 23.4. The molecule has 0 bridgehead atoms. The molecule has 0 radical (unpaired) electrons. The first-order valence-corrected chi connectivity index (χ1v) is 12.3. The molecule has 0 saturated carbocycles. The van der Waals surface area contributed by atoms with Crippen molar-refractivity contribution in [2.24, 2.45) is 0 Å². The summed E-state index contributed by atoms with van der Waals surface area (Å²) in [6.45, 7) is 3.90. The number of ether oxygens (including phenoxy) is 2. The van der Waals surface area contributed by atoms with Gasteiger partial charge in [-0.3, -0.25) is 14.7 Å². The second kappa shape index (κ2) is 9.93. The van der Waals surface area contributed by atoms with Crippen LogP contribution < -0.4 is 20.1 Å². The molecule has 31 heavy (non-hydrogen) atoms. The van der Waals surface area contributed by atoms with E-state index in [0.717, 1.165) is 3.79 Å². The molecular formula is C20H20BrN2O6PS. The summed E-state index contributed by atoms with van der Waals surface area (Å²) in [4.78, 5) is 35.2. The highest BCUT2D eigenvalue weighted by Gasteiger charge is 2.16. The number of carbonyl (C=O) groups excluding carboxylic acids is 1. The van der Waals surface area contributed by atoms with Gasteiger partial charge in [0.05, 0.1) is 21.4 Å². The zero-order valence-electron chi connectivity index (χ0n) is 16.6. The summed E-state index contributed by atoms with van der Waals surface area (Å²) in [6.07, 6.45) is 1.51. The van der Waals surface area contributed by atoms with E-state index >= 15 is 0 Å². The minimum atomic E-state index is -4.29. The fraction of sp³-hybridized carbons (Fsp3) is 0.200. The summed E-state index contributed by atoms with van der Waals surface area (Å²) in [5.74, 6) is 0.546. The van der Waals surface area contributed by atoms with Gasteiger partial charge >= 0.3 is 7.60 Å². The average Bonchev–Trinajstić information content (AvgIpc) is 3.10. The van der Waals surface area contributed by atoms with Crippen LogP contribution >= 0.6 is 34.9 Å². The predicted molar refractivity (Wildman–Crippen MR) is 122 cm³/mol. The number of hydrogen-bond donors (Lipinski definition) is 3. The zero-order valence-corrected chi connectivity index (χ0v) is 19.9. The summed E-state index contributed by atoms with van der Waals surface area (Å²) in [7, 11) is -4.29. The number of aromatic nitrogens is 1. The first-order chi connectivity index (χ1) is 14.6. The molecule has 0 unspecified atom stereocenters. The van der Waals surface area contributed by atoms with Gasteiger partial charge in [0.15, 0.2) is 5.13 Å². The standard InChI is InChI=1S/C20H20BrN2O6PS/c1-12(2)29-16-8-14(19(24)23-20-22-10-18(21)31-20)7-15(9-16)28-11-13-3-5-17(6-4-13)30(25,26)27/h3-10,12H,11H2,1-2H3,(H,22,23,24)(H2,25,26,27). The third kappa shape index (κ3) is 6.88. The largest absolute Gasteiger partial charge is 0.491 e. The molecule has 3 rings (SSSR count). The summed E-state index contributed by atoms with van der Waals surface area (Å²) >= 11 is 4.60. The van der Waals surface area contributed by atoms with Gasteiger partial charge in [-0.1, -0.05) is 23.5 Å². The van der Waals surface area contributed by atoms with Crippen molar-refractivity contribution in [1.29, 1.82) is 0 Å². The lowest BCUT2D eigenvalue weighted by molar-refractivity contribution is 0.102. The van der Waals surface area contributed by atoms with Crippen LogP contribution in [0.15, 0.2) is 52.4 Å². The van der Waals surface area contributed by atoms with Crippen molar-refractivity contribution in [1.82, 2.24) is 4.98 Å². The molecule has 1 amide bonds. The third-order valence-corrected chi connectivity index (χ3v) is 6.25. The van der Waals surface area contributed by atoms with Crippen LogP contribution in [0.1, 0.15) is 29.8 Å². The number of hydrogen-bond acceptors (Lipinski definition) is 6. The topological polar surface area (TPSA) is 118 Å². The number of amides is 1. The molecular weight excluding hydrogens is 507 g/mol. The molecule has 3 aromatic rings. The van der Waals surface area contributed by atoms with E-state index in [-0.39, 0.29) is 23.9 Å². The van der Waals surface area contributed by atoms with Gasteiger partial charge < -0.3 is 19.3 Å². The van der Waals surface area contributed by atoms with Gasteiger partial charge in [0, 0.05) is 11.6 Å². The van der Waals surface area contributed by atoms with E-state index in [1.807, 2.05) is 13.8 Å². The highest BCUT2D eigenvalue weighted by Crippen LogP contribution is 2.33. The van der Waals surface area contributed by atoms with E-state index in [1.165, 1.54) is 23.5 Å². The molecule has 3 N–H and O–H groups in total. The Kier molecular flexibility index (Phi) is 7.51. The van der Waals surface area contributed by atoms with Gasteiger partial charge in [0.25, 0.3) is 5.91 Å². The van der Waals surface area contributed by atoms with Crippen LogP contribution in [0, 0.1) is 0 Å². The number of nitrogens with zero attached hydrogens (tertiary/aromatic N) is 1. The summed E-state index contributed by atoms with van der Waals surface area (Å²) in [5.41, 5.74) is 1.06. The van der Waals surface area contributed by atoms with Gasteiger partial charge in [-0.15, -0.1) is 0 Å². The molecule has 0 spiro atoms. The Morgan fingerprint density at radius 1 is 1.19 bits per heavy atom. The summed E-state index contributed by atoms with van der Waals surface area (Å²) in [5, 5.41) is 3.13. The van der Waals surface area contributed by atoms with Crippen LogP contribution in [0.2, 0.25) is 0 Å². The van der Waals surface area contributed by atoms with Crippen LogP contribution in [0.3, 0.4) is 0 Å². The maximum absolute atomic E-state index is 12.7. The molecule has 0 fully saturated rings. The van der Waals surface area contributed by atoms with Crippen LogP contribution in [0.5, 0.6) is 11.5 Å². The molecule has 0 atom stereocenters. The molecule has 2 aromatic carbocycles. The van der Waals surface area contributed by atoms with Crippen molar-refractivity contribution < 1.29 is 28.6 Å². The highest BCUT2D eigenvalue weighted by atomic mass is 79.9. The number of rotatable bonds is 8. The van der Waals surface area contributed by atoms with Gasteiger partial charge in [-0.25, -0.2) is 4.98 Å². The number of thiazole rings is 1. The van der Waals surface area contributed by atoms with E-state index in [2.05, 4.69) is 26.2 Å². The smallest absolute Gasteiger partial charge is 0.356 e. The van der Waals surface area contributed by atoms with Gasteiger partial charge in [0.2, 0.25) is 0 Å². The fourth-order valence-electron chi connectivity index (χ4n) is 2.56. The molecule has 11 heteroatoms. The van der Waals surface area contributed by atoms with Crippen LogP contribution in [-0.4, -0.2) is 26.8 Å². The Balaban J connectivity index is 1.77. The first-order valence-electron chi connectivity index (χ1n) is 9.12. The number of anilines is 1. The van der Waals surface area contributed by atoms with E-state index in [1.54, 1.807) is 36.5 Å². The maximum atomic E-state index is 12.7. The number of carbonyl (C=O) groups is 1. The highest BCUT2D eigenvalue weighted by molar-refractivity contribution is 9.11. The molecule has 0 aliphatic carbocycles. The van der Waals surface area contributed by atoms with Crippen LogP contribution in [0.4, 0.5) is 5.13 Å². The van der Waals surface area contributed by atoms with Crippen molar-refractivity contribution in [2.75, 3.05) is 5.32 Å². The lowest BCUT2D eigenvalue weighted by Gasteiger charge is -2.14. The molecule has 0 aliphatic heterocycles. The Morgan fingerprint density at radius 2 is 1.87 bits per heavy atom. The van der Waals surface area contributed by atoms with Crippen LogP contribution in [0.25, 0.3) is 0 Å². The molecule has 8 nitrogen and oxygen atoms in total. The molecule has 164 valence electrons. The van der Waals surface area contributed by atoms with Crippen molar-refractivity contribution in [2.45, 2.75) is 26.6 Å². The van der Waals surface area contributed by atoms with Gasteiger partial charge in [-0.2, -0.15) is 0 Å². The van der Waals surface area contributed by atoms with Crippen LogP contribution in [-0.2, 0) is 11.2 Å². The van der Waals surface area contributed by atoms with E-state index < -0.39 is 7.60 Å². The maximum Gasteiger partial charge on any atom is 0.356 e. The van der Waals surface area contributed by atoms with Gasteiger partial charge in [-0.05, 0) is 59.6 Å². The lowest BCUT2D eigenvalue weighted by atomic mass is 10.2. The molecule has 0 saturated heterocycles. The van der Waals surface area contributed by atoms with Crippen molar-refractivity contribution >= 4 is 51.2 Å². The molecule has 0 aliphatic rings. The average molecular weight is 527 g/mol. The summed E-state index contributed by atoms with van der Waals surface area (Å²) < 4.78 is 23.6. The zero-order chi connectivity index (χ0) is 22.6. The molecule has 1 heterocycles. The Labute approximate surface area is 191 Å². The van der Waals surface area contributed by atoms with E-state index in [9.17, 15) is 19.1 Å². The number of halogens is 1. The number of nitrogens with one attached hydrogen (secondary N) is 1. The second-order valence-electron chi connectivity index (χ2n) is 6.78. The Morgan fingerprint density at radius 3 is 2.45 bits per heavy atom. The van der Waals surface area contributed by atoms with Gasteiger partial charge in [0.1, 0.15) is 18.1 Å². The predicted octanol–water partition coefficient (Wildman–Crippen LogP) is 4.33. The van der Waals surface area contributed by atoms with E-state index in [0.29, 0.717) is 27.8 Å². The second-order valence-corrected chi connectivity index (χ2v) is 10.8. The normalized spacial score (nSPS) is 11.4. The van der Waals surface area contributed by atoms with Crippen molar-refractivity contribution in [3.63, 3.8) is 0 Å². The van der Waals surface area contributed by atoms with Crippen molar-refractivity contribution in [3.05, 3.63) is 63.6 Å². The minimum Gasteiger partial charge on any atom is -0.491 e.